The van der Waals surface area contributed by atoms with Crippen molar-refractivity contribution in [2.45, 2.75) is 83.2 Å². The van der Waals surface area contributed by atoms with E-state index in [0.717, 1.165) is 32.7 Å². The third kappa shape index (κ3) is 4.00. The van der Waals surface area contributed by atoms with E-state index in [9.17, 15) is 0 Å². The first kappa shape index (κ1) is 17.2. The van der Waals surface area contributed by atoms with Gasteiger partial charge < -0.3 is 10.1 Å². The summed E-state index contributed by atoms with van der Waals surface area (Å²) in [5, 5.41) is 3.98. The van der Waals surface area contributed by atoms with E-state index in [1.165, 1.54) is 51.5 Å². The number of ether oxygens (including phenoxy) is 1. The average Bonchev–Trinajstić information content (AvgIpc) is 2.53. The predicted octanol–water partition coefficient (Wildman–Crippen LogP) is 3.58. The van der Waals surface area contributed by atoms with Gasteiger partial charge in [-0.05, 0) is 32.1 Å². The molecular formula is C18H36N2O. The summed E-state index contributed by atoms with van der Waals surface area (Å²) in [5.41, 5.74) is 0.745. The molecule has 1 spiro atoms. The Hall–Kier alpha value is -0.120. The van der Waals surface area contributed by atoms with Crippen LogP contribution in [0.3, 0.4) is 0 Å². The van der Waals surface area contributed by atoms with Crippen LogP contribution in [0.4, 0.5) is 0 Å². The highest BCUT2D eigenvalue weighted by molar-refractivity contribution is 5.05. The van der Waals surface area contributed by atoms with Gasteiger partial charge in [0.15, 0.2) is 0 Å². The Labute approximate surface area is 131 Å². The zero-order chi connectivity index (χ0) is 15.2. The second-order valence-corrected chi connectivity index (χ2v) is 7.16. The lowest BCUT2D eigenvalue weighted by molar-refractivity contribution is -0.0303. The van der Waals surface area contributed by atoms with Crippen LogP contribution >= 0.6 is 0 Å². The number of hydrogen-bond donors (Lipinski definition) is 1. The van der Waals surface area contributed by atoms with Crippen molar-refractivity contribution in [1.82, 2.24) is 10.2 Å². The van der Waals surface area contributed by atoms with E-state index >= 15 is 0 Å². The molecule has 0 aromatic heterocycles. The Morgan fingerprint density at radius 2 is 1.71 bits per heavy atom. The van der Waals surface area contributed by atoms with E-state index in [2.05, 4.69) is 31.0 Å². The molecule has 1 heterocycles. The molecule has 1 N–H and O–H groups in total. The highest BCUT2D eigenvalue weighted by Crippen LogP contribution is 2.36. The van der Waals surface area contributed by atoms with Crippen LogP contribution in [0.5, 0.6) is 0 Å². The Balaban J connectivity index is 2.00. The summed E-state index contributed by atoms with van der Waals surface area (Å²) in [4.78, 5) is 2.77. The van der Waals surface area contributed by atoms with Gasteiger partial charge in [-0.2, -0.15) is 0 Å². The largest absolute Gasteiger partial charge is 0.380 e. The summed E-state index contributed by atoms with van der Waals surface area (Å²) in [6, 6.07) is 0. The van der Waals surface area contributed by atoms with Crippen molar-refractivity contribution in [1.29, 1.82) is 0 Å². The summed E-state index contributed by atoms with van der Waals surface area (Å²) in [6.07, 6.45) is 10.6. The molecule has 0 radical (unpaired) electrons. The number of rotatable bonds is 7. The molecule has 1 saturated heterocycles. The van der Waals surface area contributed by atoms with Crippen LogP contribution in [-0.2, 0) is 4.74 Å². The number of hydrogen-bond acceptors (Lipinski definition) is 3. The second-order valence-electron chi connectivity index (χ2n) is 7.16. The van der Waals surface area contributed by atoms with Crippen molar-refractivity contribution in [2.24, 2.45) is 0 Å². The fourth-order valence-corrected chi connectivity index (χ4v) is 4.30. The zero-order valence-electron chi connectivity index (χ0n) is 14.5. The highest BCUT2D eigenvalue weighted by atomic mass is 16.5. The Morgan fingerprint density at radius 3 is 2.33 bits per heavy atom. The SMILES string of the molecule is CCCOCCN1CC2(CCCCC2)NCC1(CC)CC. The van der Waals surface area contributed by atoms with Gasteiger partial charge in [0, 0.05) is 37.3 Å². The third-order valence-electron chi connectivity index (χ3n) is 5.94. The molecule has 21 heavy (non-hydrogen) atoms. The number of nitrogens with zero attached hydrogens (tertiary/aromatic N) is 1. The van der Waals surface area contributed by atoms with Crippen LogP contribution in [0.15, 0.2) is 0 Å². The van der Waals surface area contributed by atoms with Gasteiger partial charge >= 0.3 is 0 Å². The minimum atomic E-state index is 0.346. The lowest BCUT2D eigenvalue weighted by Gasteiger charge is -2.55. The maximum atomic E-state index is 5.78. The minimum Gasteiger partial charge on any atom is -0.380 e. The maximum absolute atomic E-state index is 5.78. The van der Waals surface area contributed by atoms with E-state index in [4.69, 9.17) is 4.74 Å². The third-order valence-corrected chi connectivity index (χ3v) is 5.94. The Morgan fingerprint density at radius 1 is 1.00 bits per heavy atom. The quantitative estimate of drug-likeness (QED) is 0.727. The monoisotopic (exact) mass is 296 g/mol. The highest BCUT2D eigenvalue weighted by Gasteiger charge is 2.45. The smallest absolute Gasteiger partial charge is 0.0593 e. The van der Waals surface area contributed by atoms with E-state index in [1.807, 2.05) is 0 Å². The molecule has 2 aliphatic rings. The van der Waals surface area contributed by atoms with Crippen molar-refractivity contribution >= 4 is 0 Å². The summed E-state index contributed by atoms with van der Waals surface area (Å²) in [7, 11) is 0. The van der Waals surface area contributed by atoms with Crippen molar-refractivity contribution < 1.29 is 4.74 Å². The van der Waals surface area contributed by atoms with Crippen molar-refractivity contribution in [3.8, 4) is 0 Å². The molecule has 3 heteroatoms. The summed E-state index contributed by atoms with van der Waals surface area (Å²) >= 11 is 0. The molecule has 1 aliphatic carbocycles. The van der Waals surface area contributed by atoms with Crippen molar-refractivity contribution in [2.75, 3.05) is 32.8 Å². The molecule has 0 amide bonds. The summed E-state index contributed by atoms with van der Waals surface area (Å²) in [6.45, 7) is 12.2. The van der Waals surface area contributed by atoms with Crippen LogP contribution in [0.25, 0.3) is 0 Å². The van der Waals surface area contributed by atoms with E-state index in [-0.39, 0.29) is 0 Å². The van der Waals surface area contributed by atoms with Gasteiger partial charge in [0.25, 0.3) is 0 Å². The van der Waals surface area contributed by atoms with Crippen LogP contribution in [-0.4, -0.2) is 48.8 Å². The number of piperazine rings is 1. The van der Waals surface area contributed by atoms with Gasteiger partial charge in [0.2, 0.25) is 0 Å². The molecule has 1 saturated carbocycles. The minimum absolute atomic E-state index is 0.346. The van der Waals surface area contributed by atoms with Gasteiger partial charge in [-0.15, -0.1) is 0 Å². The molecule has 0 aromatic carbocycles. The van der Waals surface area contributed by atoms with Crippen LogP contribution < -0.4 is 5.32 Å². The van der Waals surface area contributed by atoms with Gasteiger partial charge in [-0.25, -0.2) is 0 Å². The molecule has 0 aromatic rings. The van der Waals surface area contributed by atoms with E-state index in [1.54, 1.807) is 0 Å². The molecule has 1 aliphatic heterocycles. The molecule has 2 fully saturated rings. The van der Waals surface area contributed by atoms with Crippen LogP contribution in [0, 0.1) is 0 Å². The van der Waals surface area contributed by atoms with Crippen molar-refractivity contribution in [3.63, 3.8) is 0 Å². The van der Waals surface area contributed by atoms with E-state index in [0.29, 0.717) is 11.1 Å². The van der Waals surface area contributed by atoms with Gasteiger partial charge in [0.1, 0.15) is 0 Å². The first-order chi connectivity index (χ1) is 10.2. The summed E-state index contributed by atoms with van der Waals surface area (Å²) in [5.74, 6) is 0. The van der Waals surface area contributed by atoms with Gasteiger partial charge in [0.05, 0.1) is 6.61 Å². The Bertz CT molecular complexity index is 296. The fraction of sp³-hybridized carbons (Fsp3) is 1.00. The second kappa shape index (κ2) is 7.94. The fourth-order valence-electron chi connectivity index (χ4n) is 4.30. The Kier molecular flexibility index (Phi) is 6.51. The molecule has 0 unspecified atom stereocenters. The topological polar surface area (TPSA) is 24.5 Å². The normalized spacial score (nSPS) is 25.3. The average molecular weight is 296 g/mol. The number of nitrogens with one attached hydrogen (secondary N) is 1. The summed E-state index contributed by atoms with van der Waals surface area (Å²) < 4.78 is 5.78. The standard InChI is InChI=1S/C18H36N2O/c1-4-13-21-14-12-20-16-17(10-8-7-9-11-17)19-15-18(20,5-2)6-3/h19H,4-16H2,1-3H3. The molecule has 0 bridgehead atoms. The van der Waals surface area contributed by atoms with Crippen molar-refractivity contribution in [3.05, 3.63) is 0 Å². The maximum Gasteiger partial charge on any atom is 0.0593 e. The molecule has 2 rings (SSSR count). The first-order valence-corrected chi connectivity index (χ1v) is 9.28. The molecule has 3 nitrogen and oxygen atoms in total. The van der Waals surface area contributed by atoms with E-state index < -0.39 is 0 Å². The molecular weight excluding hydrogens is 260 g/mol. The lowest BCUT2D eigenvalue weighted by Crippen LogP contribution is -2.70. The zero-order valence-corrected chi connectivity index (χ0v) is 14.5. The van der Waals surface area contributed by atoms with Crippen LogP contribution in [0.1, 0.15) is 72.1 Å². The molecule has 0 atom stereocenters. The molecule has 124 valence electrons. The lowest BCUT2D eigenvalue weighted by atomic mass is 9.76. The first-order valence-electron chi connectivity index (χ1n) is 9.28. The van der Waals surface area contributed by atoms with Gasteiger partial charge in [-0.1, -0.05) is 40.0 Å². The predicted molar refractivity (Wildman–Crippen MR) is 89.8 cm³/mol. The van der Waals surface area contributed by atoms with Gasteiger partial charge in [-0.3, -0.25) is 4.90 Å². The van der Waals surface area contributed by atoms with Crippen LogP contribution in [0.2, 0.25) is 0 Å².